The third-order valence-electron chi connectivity index (χ3n) is 13.4. The monoisotopic (exact) mass is 1070 g/mol. The topological polar surface area (TPSA) is 240 Å². The smallest absolute Gasteiger partial charge is 0.408 e. The lowest BCUT2D eigenvalue weighted by Gasteiger charge is -2.33. The van der Waals surface area contributed by atoms with E-state index in [1.54, 1.807) is 79.8 Å². The van der Waals surface area contributed by atoms with Crippen molar-refractivity contribution in [3.8, 4) is 5.75 Å². The molecule has 0 radical (unpaired) electrons. The molecule has 2 saturated heterocycles. The molecule has 426 valence electrons. The van der Waals surface area contributed by atoms with Gasteiger partial charge in [-0.3, -0.25) is 28.9 Å². The molecule has 5 amide bonds. The zero-order chi connectivity index (χ0) is 56.7. The summed E-state index contributed by atoms with van der Waals surface area (Å²) in [7, 11) is 5.00. The number of likely N-dealkylation sites (tertiary alicyclic amines) is 1. The van der Waals surface area contributed by atoms with E-state index < -0.39 is 114 Å². The number of methoxy groups -OCH3 is 1. The predicted molar refractivity (Wildman–Crippen MR) is 289 cm³/mol. The normalized spacial score (nSPS) is 17.6. The average molecular weight is 1070 g/mol. The van der Waals surface area contributed by atoms with Crippen molar-refractivity contribution >= 4 is 41.7 Å². The standard InChI is InChI=1S/C53H82N6O12.C4H8O/c1-14-34(6)45(56-48(63)46(57-52(67)71-53(8,9)10)35(7)70-51(66)41(58(11)12)29-36-23-25-38(68-13)26-24-36)42(60)30-43(61)55-44(33(4)5)47(62)54-39(27-22-32(2)3)49(64)59-28-18-21-40(59)50(65)69-31-37-19-16-15-17-20-37;1-2-4-5-3-1/h15-17,19-20,23-26,32-35,39-42,44-46,60H,14,18,21-22,27-31H2,1-13H3,(H,54,62)(H,55,61)(H,56,63)(H,57,67);1-4H2/t34-,35+,39-,40-,41-,42-,44-,45+,46-;/m0./s1. The van der Waals surface area contributed by atoms with Crippen LogP contribution in [0.4, 0.5) is 4.79 Å². The van der Waals surface area contributed by atoms with Gasteiger partial charge in [-0.1, -0.05) is 90.4 Å². The molecule has 2 aromatic carbocycles. The van der Waals surface area contributed by atoms with Gasteiger partial charge in [0.25, 0.3) is 0 Å². The summed E-state index contributed by atoms with van der Waals surface area (Å²) in [5.41, 5.74) is 0.708. The van der Waals surface area contributed by atoms with Crippen LogP contribution in [0.3, 0.4) is 0 Å². The van der Waals surface area contributed by atoms with E-state index in [2.05, 4.69) is 21.3 Å². The lowest BCUT2D eigenvalue weighted by atomic mass is 9.91. The van der Waals surface area contributed by atoms with E-state index in [1.165, 1.54) is 24.7 Å². The molecule has 2 fully saturated rings. The number of likely N-dealkylation sites (N-methyl/N-ethyl adjacent to an activating group) is 1. The molecule has 0 unspecified atom stereocenters. The Labute approximate surface area is 451 Å². The molecule has 0 bridgehead atoms. The third-order valence-corrected chi connectivity index (χ3v) is 13.4. The van der Waals surface area contributed by atoms with Gasteiger partial charge in [0.1, 0.15) is 54.3 Å². The molecular formula is C57H90N6O13. The van der Waals surface area contributed by atoms with Gasteiger partial charge in [-0.15, -0.1) is 0 Å². The molecule has 2 aromatic rings. The maximum Gasteiger partial charge on any atom is 0.408 e. The molecule has 0 aliphatic carbocycles. The number of carbonyl (C=O) groups is 7. The highest BCUT2D eigenvalue weighted by molar-refractivity contribution is 5.94. The summed E-state index contributed by atoms with van der Waals surface area (Å²) in [6.07, 6.45) is 0.973. The van der Waals surface area contributed by atoms with Crippen LogP contribution in [-0.2, 0) is 60.7 Å². The van der Waals surface area contributed by atoms with Crippen LogP contribution in [0.2, 0.25) is 0 Å². The van der Waals surface area contributed by atoms with Crippen molar-refractivity contribution in [2.45, 2.75) is 188 Å². The average Bonchev–Trinajstić information content (AvgIpc) is 4.12. The van der Waals surface area contributed by atoms with E-state index in [-0.39, 0.29) is 18.9 Å². The maximum absolute atomic E-state index is 14.3. The summed E-state index contributed by atoms with van der Waals surface area (Å²) in [6.45, 7) is 19.9. The molecule has 2 aliphatic heterocycles. The number of nitrogens with zero attached hydrogens (tertiary/aromatic N) is 2. The Morgan fingerprint density at radius 1 is 0.803 bits per heavy atom. The first-order valence-electron chi connectivity index (χ1n) is 27.0. The van der Waals surface area contributed by atoms with E-state index in [0.29, 0.717) is 44.4 Å². The summed E-state index contributed by atoms with van der Waals surface area (Å²) >= 11 is 0. The Morgan fingerprint density at radius 2 is 1.43 bits per heavy atom. The number of aliphatic hydroxyl groups is 1. The third kappa shape index (κ3) is 22.0. The molecular weight excluding hydrogens is 977 g/mol. The van der Waals surface area contributed by atoms with Crippen molar-refractivity contribution in [2.75, 3.05) is 41.0 Å². The van der Waals surface area contributed by atoms with E-state index in [9.17, 15) is 38.7 Å². The number of carbonyl (C=O) groups excluding carboxylic acids is 7. The van der Waals surface area contributed by atoms with Gasteiger partial charge in [-0.2, -0.15) is 0 Å². The Bertz CT molecular complexity index is 2120. The summed E-state index contributed by atoms with van der Waals surface area (Å²) < 4.78 is 27.2. The van der Waals surface area contributed by atoms with Crippen molar-refractivity contribution in [2.24, 2.45) is 17.8 Å². The molecule has 19 heteroatoms. The minimum absolute atomic E-state index is 0.0632. The molecule has 0 spiro atoms. The first-order valence-corrected chi connectivity index (χ1v) is 27.0. The molecule has 0 saturated carbocycles. The number of ether oxygens (including phenoxy) is 5. The van der Waals surface area contributed by atoms with Gasteiger partial charge in [0.15, 0.2) is 0 Å². The van der Waals surface area contributed by atoms with Gasteiger partial charge in [-0.05, 0) is 128 Å². The molecule has 19 nitrogen and oxygen atoms in total. The fraction of sp³-hybridized carbons (Fsp3) is 0.667. The number of aliphatic hydroxyl groups excluding tert-OH is 1. The van der Waals surface area contributed by atoms with Crippen LogP contribution in [0.5, 0.6) is 5.75 Å². The van der Waals surface area contributed by atoms with E-state index in [0.717, 1.165) is 24.3 Å². The Morgan fingerprint density at radius 3 is 1.97 bits per heavy atom. The molecule has 2 aliphatic rings. The van der Waals surface area contributed by atoms with Gasteiger partial charge in [0.2, 0.25) is 23.6 Å². The van der Waals surface area contributed by atoms with Gasteiger partial charge in [0, 0.05) is 19.8 Å². The lowest BCUT2D eigenvalue weighted by molar-refractivity contribution is -0.156. The molecule has 5 N–H and O–H groups in total. The minimum atomic E-state index is -1.50. The zero-order valence-electron chi connectivity index (χ0n) is 47.5. The highest BCUT2D eigenvalue weighted by Gasteiger charge is 2.41. The Kier molecular flexibility index (Phi) is 27.2. The second-order valence-electron chi connectivity index (χ2n) is 21.9. The second kappa shape index (κ2) is 32.1. The van der Waals surface area contributed by atoms with Crippen molar-refractivity contribution < 1.29 is 62.4 Å². The number of amides is 5. The Hall–Kier alpha value is -5.79. The van der Waals surface area contributed by atoms with Crippen molar-refractivity contribution in [1.82, 2.24) is 31.1 Å². The van der Waals surface area contributed by atoms with Crippen LogP contribution in [-0.4, -0.2) is 152 Å². The summed E-state index contributed by atoms with van der Waals surface area (Å²) in [5.74, 6) is -3.72. The fourth-order valence-electron chi connectivity index (χ4n) is 8.66. The maximum atomic E-state index is 14.3. The van der Waals surface area contributed by atoms with Crippen LogP contribution < -0.4 is 26.0 Å². The SMILES string of the molecule is C1CCOC1.CC[C@H](C)[C@@H](NC(=O)[C@@H](NC(=O)OC(C)(C)C)[C@@H](C)OC(=O)[C@H](Cc1ccc(OC)cc1)N(C)C)[C@@H](O)CC(=O)N[C@H](C(=O)N[C@@H](CCC(C)C)C(=O)N1CCC[C@H]1C(=O)OCc1ccccc1)C(C)C. The molecule has 2 heterocycles. The number of rotatable bonds is 26. The van der Waals surface area contributed by atoms with E-state index >= 15 is 0 Å². The number of benzene rings is 2. The summed E-state index contributed by atoms with van der Waals surface area (Å²) in [4.78, 5) is 99.7. The predicted octanol–water partition coefficient (Wildman–Crippen LogP) is 5.87. The van der Waals surface area contributed by atoms with Crippen LogP contribution in [0.25, 0.3) is 0 Å². The van der Waals surface area contributed by atoms with Crippen LogP contribution in [0.15, 0.2) is 54.6 Å². The summed E-state index contributed by atoms with van der Waals surface area (Å²) in [5, 5.41) is 22.6. The van der Waals surface area contributed by atoms with Gasteiger partial charge < -0.3 is 55.0 Å². The fourth-order valence-corrected chi connectivity index (χ4v) is 8.66. The summed E-state index contributed by atoms with van der Waals surface area (Å²) in [6, 6.07) is 10.2. The number of esters is 2. The second-order valence-corrected chi connectivity index (χ2v) is 21.9. The minimum Gasteiger partial charge on any atom is -0.497 e. The van der Waals surface area contributed by atoms with Crippen LogP contribution >= 0.6 is 0 Å². The van der Waals surface area contributed by atoms with Crippen LogP contribution in [0.1, 0.15) is 132 Å². The highest BCUT2D eigenvalue weighted by Crippen LogP contribution is 2.23. The first kappa shape index (κ1) is 64.5. The van der Waals surface area contributed by atoms with Crippen molar-refractivity contribution in [1.29, 1.82) is 0 Å². The van der Waals surface area contributed by atoms with Gasteiger partial charge in [0.05, 0.1) is 25.7 Å². The molecule has 76 heavy (non-hydrogen) atoms. The number of nitrogens with one attached hydrogen (secondary N) is 4. The van der Waals surface area contributed by atoms with E-state index in [1.807, 2.05) is 63.2 Å². The molecule has 4 rings (SSSR count). The van der Waals surface area contributed by atoms with E-state index in [4.69, 9.17) is 23.7 Å². The Balaban J connectivity index is 0.00000286. The number of hydrogen-bond acceptors (Lipinski definition) is 14. The number of hydrogen-bond donors (Lipinski definition) is 5. The molecule has 9 atom stereocenters. The molecule has 0 aromatic heterocycles. The van der Waals surface area contributed by atoms with Crippen molar-refractivity contribution in [3.63, 3.8) is 0 Å². The first-order chi connectivity index (χ1) is 35.8. The lowest BCUT2D eigenvalue weighted by Crippen LogP contribution is -2.60. The quantitative estimate of drug-likeness (QED) is 0.0548. The van der Waals surface area contributed by atoms with Gasteiger partial charge >= 0.3 is 18.0 Å². The van der Waals surface area contributed by atoms with Crippen LogP contribution in [0, 0.1) is 17.8 Å². The zero-order valence-corrected chi connectivity index (χ0v) is 47.5. The largest absolute Gasteiger partial charge is 0.497 e. The highest BCUT2D eigenvalue weighted by atomic mass is 16.6. The van der Waals surface area contributed by atoms with Crippen molar-refractivity contribution in [3.05, 3.63) is 65.7 Å². The van der Waals surface area contributed by atoms with Gasteiger partial charge in [-0.25, -0.2) is 9.59 Å². The number of alkyl carbamates (subject to hydrolysis) is 1.